The van der Waals surface area contributed by atoms with Crippen molar-refractivity contribution < 1.29 is 5.11 Å². The van der Waals surface area contributed by atoms with E-state index in [2.05, 4.69) is 39.0 Å². The summed E-state index contributed by atoms with van der Waals surface area (Å²) in [5, 5.41) is 8.67. The van der Waals surface area contributed by atoms with Crippen molar-refractivity contribution in [3.8, 4) is 0 Å². The lowest BCUT2D eigenvalue weighted by Gasteiger charge is -2.04. The van der Waals surface area contributed by atoms with Crippen LogP contribution in [0.25, 0.3) is 0 Å². The first-order valence-electron chi connectivity index (χ1n) is 5.63. The summed E-state index contributed by atoms with van der Waals surface area (Å²) in [7, 11) is 0. The molecule has 1 heteroatoms. The van der Waals surface area contributed by atoms with Crippen LogP contribution in [0.15, 0.2) is 35.5 Å². The van der Waals surface area contributed by atoms with Gasteiger partial charge < -0.3 is 5.11 Å². The fourth-order valence-electron chi connectivity index (χ4n) is 1.23. The normalized spacial score (nSPS) is 14.3. The van der Waals surface area contributed by atoms with E-state index in [1.54, 1.807) is 0 Å². The number of aliphatic hydroxyl groups excluding tert-OH is 1. The van der Waals surface area contributed by atoms with Crippen LogP contribution in [0.5, 0.6) is 0 Å². The van der Waals surface area contributed by atoms with Crippen molar-refractivity contribution in [3.63, 3.8) is 0 Å². The maximum absolute atomic E-state index is 8.67. The van der Waals surface area contributed by atoms with E-state index < -0.39 is 0 Å². The van der Waals surface area contributed by atoms with Crippen LogP contribution in [0.1, 0.15) is 40.5 Å². The van der Waals surface area contributed by atoms with Gasteiger partial charge in [-0.25, -0.2) is 0 Å². The molecule has 15 heavy (non-hydrogen) atoms. The molecule has 0 aromatic heterocycles. The van der Waals surface area contributed by atoms with Crippen LogP contribution in [0.4, 0.5) is 0 Å². The molecule has 0 heterocycles. The van der Waals surface area contributed by atoms with Crippen LogP contribution in [0, 0.1) is 5.92 Å². The van der Waals surface area contributed by atoms with Crippen molar-refractivity contribution in [2.24, 2.45) is 5.92 Å². The van der Waals surface area contributed by atoms with Gasteiger partial charge >= 0.3 is 0 Å². The minimum absolute atomic E-state index is 0.128. The Bertz CT molecular complexity index is 242. The third-order valence-electron chi connectivity index (χ3n) is 2.26. The molecule has 0 aliphatic rings. The third-order valence-corrected chi connectivity index (χ3v) is 2.26. The molecule has 0 aliphatic carbocycles. The average Bonchev–Trinajstić information content (AvgIpc) is 2.15. The van der Waals surface area contributed by atoms with E-state index in [0.29, 0.717) is 5.92 Å². The molecule has 1 N–H and O–H groups in total. The van der Waals surface area contributed by atoms with Crippen LogP contribution in [-0.2, 0) is 0 Å². The van der Waals surface area contributed by atoms with E-state index in [0.717, 1.165) is 18.4 Å². The Hall–Kier alpha value is -0.820. The van der Waals surface area contributed by atoms with Gasteiger partial charge in [0.1, 0.15) is 0 Å². The Morgan fingerprint density at radius 3 is 2.33 bits per heavy atom. The lowest BCUT2D eigenvalue weighted by molar-refractivity contribution is 0.342. The number of allylic oxidation sites excluding steroid dienone is 5. The Morgan fingerprint density at radius 1 is 1.13 bits per heavy atom. The van der Waals surface area contributed by atoms with E-state index in [9.17, 15) is 0 Å². The van der Waals surface area contributed by atoms with Gasteiger partial charge in [-0.3, -0.25) is 0 Å². The lowest BCUT2D eigenvalue weighted by Crippen LogP contribution is -1.90. The fraction of sp³-hybridized carbons (Fsp3) is 0.571. The predicted octanol–water partition coefficient (Wildman–Crippen LogP) is 3.86. The molecule has 0 spiro atoms. The monoisotopic (exact) mass is 208 g/mol. The summed E-state index contributed by atoms with van der Waals surface area (Å²) < 4.78 is 0. The summed E-state index contributed by atoms with van der Waals surface area (Å²) in [5.41, 5.74) is 2.52. The summed E-state index contributed by atoms with van der Waals surface area (Å²) in [6.07, 6.45) is 10.6. The van der Waals surface area contributed by atoms with E-state index in [-0.39, 0.29) is 6.61 Å². The summed E-state index contributed by atoms with van der Waals surface area (Å²) in [6, 6.07) is 0. The Kier molecular flexibility index (Phi) is 8.02. The molecule has 1 unspecified atom stereocenters. The van der Waals surface area contributed by atoms with Gasteiger partial charge in [0, 0.05) is 0 Å². The van der Waals surface area contributed by atoms with Gasteiger partial charge in [-0.1, -0.05) is 42.4 Å². The topological polar surface area (TPSA) is 20.2 Å². The summed E-state index contributed by atoms with van der Waals surface area (Å²) >= 11 is 0. The zero-order chi connectivity index (χ0) is 11.7. The highest BCUT2D eigenvalue weighted by molar-refractivity contribution is 5.15. The highest BCUT2D eigenvalue weighted by atomic mass is 16.2. The number of hydrogen-bond acceptors (Lipinski definition) is 1. The molecule has 0 saturated carbocycles. The molecule has 1 atom stereocenters. The average molecular weight is 208 g/mol. The number of rotatable bonds is 6. The van der Waals surface area contributed by atoms with Gasteiger partial charge in [0.15, 0.2) is 0 Å². The molecule has 0 aliphatic heterocycles. The molecule has 1 nitrogen and oxygen atoms in total. The van der Waals surface area contributed by atoms with Gasteiger partial charge in [-0.2, -0.15) is 0 Å². The molecule has 0 amide bonds. The van der Waals surface area contributed by atoms with Crippen molar-refractivity contribution in [2.45, 2.75) is 40.5 Å². The molecular formula is C14H24O. The maximum Gasteiger partial charge on any atom is 0.0617 e. The summed E-state index contributed by atoms with van der Waals surface area (Å²) in [5.74, 6) is 0.693. The van der Waals surface area contributed by atoms with E-state index in [1.165, 1.54) is 5.57 Å². The van der Waals surface area contributed by atoms with Crippen molar-refractivity contribution in [1.82, 2.24) is 0 Å². The quantitative estimate of drug-likeness (QED) is 0.519. The van der Waals surface area contributed by atoms with Crippen LogP contribution in [-0.4, -0.2) is 11.7 Å². The highest BCUT2D eigenvalue weighted by Crippen LogP contribution is 2.11. The molecule has 86 valence electrons. The predicted molar refractivity (Wildman–Crippen MR) is 67.8 cm³/mol. The van der Waals surface area contributed by atoms with Gasteiger partial charge in [0.2, 0.25) is 0 Å². The Balaban J connectivity index is 3.85. The first kappa shape index (κ1) is 14.2. The molecule has 0 bridgehead atoms. The standard InChI is InChI=1S/C14H24O/c1-12(2)8-9-13(3)6-5-7-14(4)10-11-15/h5,7-8,10,13,15H,6,9,11H2,1-4H3. The molecule has 0 rings (SSSR count). The largest absolute Gasteiger partial charge is 0.392 e. The second-order valence-electron chi connectivity index (χ2n) is 4.39. The van der Waals surface area contributed by atoms with E-state index >= 15 is 0 Å². The molecule has 0 aromatic rings. The van der Waals surface area contributed by atoms with Crippen LogP contribution >= 0.6 is 0 Å². The van der Waals surface area contributed by atoms with E-state index in [4.69, 9.17) is 5.11 Å². The van der Waals surface area contributed by atoms with Gasteiger partial charge in [-0.15, -0.1) is 0 Å². The third kappa shape index (κ3) is 9.48. The highest BCUT2D eigenvalue weighted by Gasteiger charge is 1.96. The second kappa shape index (κ2) is 8.49. The van der Waals surface area contributed by atoms with Gasteiger partial charge in [-0.05, 0) is 39.5 Å². The van der Waals surface area contributed by atoms with Crippen LogP contribution < -0.4 is 0 Å². The first-order valence-corrected chi connectivity index (χ1v) is 5.63. The molecule has 0 aromatic carbocycles. The van der Waals surface area contributed by atoms with Crippen molar-refractivity contribution in [2.75, 3.05) is 6.61 Å². The number of aliphatic hydroxyl groups is 1. The lowest BCUT2D eigenvalue weighted by atomic mass is 10.0. The zero-order valence-electron chi connectivity index (χ0n) is 10.5. The van der Waals surface area contributed by atoms with Crippen molar-refractivity contribution >= 4 is 0 Å². The van der Waals surface area contributed by atoms with Crippen LogP contribution in [0.3, 0.4) is 0 Å². The van der Waals surface area contributed by atoms with E-state index in [1.807, 2.05) is 13.0 Å². The molecule has 0 saturated heterocycles. The summed E-state index contributed by atoms with van der Waals surface area (Å²) in [4.78, 5) is 0. The molecule has 0 radical (unpaired) electrons. The smallest absolute Gasteiger partial charge is 0.0617 e. The van der Waals surface area contributed by atoms with Gasteiger partial charge in [0.05, 0.1) is 6.61 Å². The van der Waals surface area contributed by atoms with Crippen molar-refractivity contribution in [3.05, 3.63) is 35.5 Å². The Morgan fingerprint density at radius 2 is 1.80 bits per heavy atom. The number of hydrogen-bond donors (Lipinski definition) is 1. The maximum atomic E-state index is 8.67. The minimum atomic E-state index is 0.128. The summed E-state index contributed by atoms with van der Waals surface area (Å²) in [6.45, 7) is 8.67. The molecule has 0 fully saturated rings. The zero-order valence-corrected chi connectivity index (χ0v) is 10.5. The Labute approximate surface area is 94.2 Å². The molecular weight excluding hydrogens is 184 g/mol. The van der Waals surface area contributed by atoms with Gasteiger partial charge in [0.25, 0.3) is 0 Å². The fourth-order valence-corrected chi connectivity index (χ4v) is 1.23. The second-order valence-corrected chi connectivity index (χ2v) is 4.39. The SMILES string of the molecule is CC(C)=CCC(C)CC=CC(C)=CCO. The van der Waals surface area contributed by atoms with Crippen molar-refractivity contribution in [1.29, 1.82) is 0 Å². The first-order chi connectivity index (χ1) is 7.06. The van der Waals surface area contributed by atoms with Crippen LogP contribution in [0.2, 0.25) is 0 Å². The minimum Gasteiger partial charge on any atom is -0.392 e.